The third kappa shape index (κ3) is 3.30. The molecule has 0 bridgehead atoms. The van der Waals surface area contributed by atoms with E-state index < -0.39 is 0 Å². The highest BCUT2D eigenvalue weighted by atomic mass is 16.4. The lowest BCUT2D eigenvalue weighted by atomic mass is 10.2. The molecule has 0 aromatic carbocycles. The molecular formula is C5H10NO. The molecule has 0 rings (SSSR count). The van der Waals surface area contributed by atoms with E-state index in [-0.39, 0.29) is 0 Å². The monoisotopic (exact) mass is 100 g/mol. The van der Waals surface area contributed by atoms with Gasteiger partial charge < -0.3 is 5.21 Å². The number of hydrogen-bond acceptors (Lipinski definition) is 2. The van der Waals surface area contributed by atoms with E-state index >= 15 is 0 Å². The van der Waals surface area contributed by atoms with Crippen molar-refractivity contribution in [3.8, 4) is 0 Å². The Balaban J connectivity index is 3.17. The van der Waals surface area contributed by atoms with E-state index in [1.807, 2.05) is 13.3 Å². The van der Waals surface area contributed by atoms with Gasteiger partial charge in [-0.3, -0.25) is 0 Å². The first-order valence-corrected chi connectivity index (χ1v) is 2.26. The van der Waals surface area contributed by atoms with E-state index in [0.717, 1.165) is 12.1 Å². The molecule has 2 heteroatoms. The predicted molar refractivity (Wildman–Crippen MR) is 29.5 cm³/mol. The minimum absolute atomic E-state index is 0.752. The van der Waals surface area contributed by atoms with Crippen molar-refractivity contribution in [2.75, 3.05) is 0 Å². The molecule has 0 amide bonds. The zero-order valence-corrected chi connectivity index (χ0v) is 4.68. The first-order valence-electron chi connectivity index (χ1n) is 2.26. The third-order valence-corrected chi connectivity index (χ3v) is 0.670. The van der Waals surface area contributed by atoms with E-state index in [1.54, 1.807) is 6.92 Å². The minimum Gasteiger partial charge on any atom is -0.411 e. The summed E-state index contributed by atoms with van der Waals surface area (Å²) in [5.41, 5.74) is 0.752. The molecule has 7 heavy (non-hydrogen) atoms. The smallest absolute Gasteiger partial charge is 0.0542 e. The fourth-order valence-electron chi connectivity index (χ4n) is 0.336. The van der Waals surface area contributed by atoms with Crippen molar-refractivity contribution >= 4 is 5.71 Å². The standard InChI is InChI=1S/C5H10NO/c1-3-4-5(2)6-7/h3,7H,4H2,1-2H3/b6-5-. The van der Waals surface area contributed by atoms with Gasteiger partial charge in [-0.05, 0) is 19.8 Å². The van der Waals surface area contributed by atoms with Gasteiger partial charge in [-0.2, -0.15) is 0 Å². The summed E-state index contributed by atoms with van der Waals surface area (Å²) in [6.45, 7) is 3.70. The minimum atomic E-state index is 0.752. The molecule has 0 aliphatic heterocycles. The molecule has 0 saturated carbocycles. The van der Waals surface area contributed by atoms with Gasteiger partial charge in [0.05, 0.1) is 5.71 Å². The average molecular weight is 100 g/mol. The topological polar surface area (TPSA) is 32.6 Å². The fraction of sp³-hybridized carbons (Fsp3) is 0.600. The van der Waals surface area contributed by atoms with Crippen LogP contribution >= 0.6 is 0 Å². The van der Waals surface area contributed by atoms with E-state index in [0.29, 0.717) is 0 Å². The van der Waals surface area contributed by atoms with Crippen LogP contribution in [0.1, 0.15) is 20.3 Å². The molecule has 0 heterocycles. The summed E-state index contributed by atoms with van der Waals surface area (Å²) < 4.78 is 0. The van der Waals surface area contributed by atoms with E-state index in [1.165, 1.54) is 0 Å². The van der Waals surface area contributed by atoms with Crippen molar-refractivity contribution in [1.29, 1.82) is 0 Å². The summed E-state index contributed by atoms with van der Waals surface area (Å²) in [4.78, 5) is 0. The molecule has 2 nitrogen and oxygen atoms in total. The highest BCUT2D eigenvalue weighted by Gasteiger charge is 1.84. The molecule has 0 saturated heterocycles. The van der Waals surface area contributed by atoms with Crippen molar-refractivity contribution in [2.45, 2.75) is 20.3 Å². The Morgan fingerprint density at radius 3 is 2.57 bits per heavy atom. The van der Waals surface area contributed by atoms with Crippen LogP contribution in [-0.4, -0.2) is 10.9 Å². The van der Waals surface area contributed by atoms with Gasteiger partial charge in [-0.25, -0.2) is 0 Å². The summed E-state index contributed by atoms with van der Waals surface area (Å²) in [5, 5.41) is 11.0. The van der Waals surface area contributed by atoms with Crippen LogP contribution in [0.2, 0.25) is 0 Å². The molecule has 0 aromatic rings. The molecule has 41 valence electrons. The van der Waals surface area contributed by atoms with Gasteiger partial charge in [-0.1, -0.05) is 12.1 Å². The van der Waals surface area contributed by atoms with E-state index in [9.17, 15) is 0 Å². The van der Waals surface area contributed by atoms with Gasteiger partial charge in [0.2, 0.25) is 0 Å². The SMILES string of the molecule is C[CH]C/C(C)=N\O. The molecule has 0 aliphatic carbocycles. The van der Waals surface area contributed by atoms with Crippen molar-refractivity contribution < 1.29 is 5.21 Å². The number of nitrogens with zero attached hydrogens (tertiary/aromatic N) is 1. The van der Waals surface area contributed by atoms with Crippen LogP contribution < -0.4 is 0 Å². The summed E-state index contributed by atoms with van der Waals surface area (Å²) in [6, 6.07) is 0. The molecule has 0 unspecified atom stereocenters. The maximum absolute atomic E-state index is 8.03. The van der Waals surface area contributed by atoms with Gasteiger partial charge in [0, 0.05) is 0 Å². The van der Waals surface area contributed by atoms with Gasteiger partial charge in [-0.15, -0.1) is 0 Å². The van der Waals surface area contributed by atoms with Crippen LogP contribution in [-0.2, 0) is 0 Å². The summed E-state index contributed by atoms with van der Waals surface area (Å²) in [7, 11) is 0. The lowest BCUT2D eigenvalue weighted by molar-refractivity contribution is 0.317. The maximum atomic E-state index is 8.03. The number of oxime groups is 1. The van der Waals surface area contributed by atoms with Gasteiger partial charge in [0.1, 0.15) is 0 Å². The largest absolute Gasteiger partial charge is 0.411 e. The third-order valence-electron chi connectivity index (χ3n) is 0.670. The molecule has 0 aliphatic rings. The average Bonchev–Trinajstić information content (AvgIpc) is 1.68. The quantitative estimate of drug-likeness (QED) is 0.318. The summed E-state index contributed by atoms with van der Waals surface area (Å²) in [6.07, 6.45) is 2.71. The Labute approximate surface area is 43.8 Å². The van der Waals surface area contributed by atoms with E-state index in [2.05, 4.69) is 5.16 Å². The summed E-state index contributed by atoms with van der Waals surface area (Å²) in [5.74, 6) is 0. The van der Waals surface area contributed by atoms with Crippen molar-refractivity contribution in [2.24, 2.45) is 5.16 Å². The summed E-state index contributed by atoms with van der Waals surface area (Å²) >= 11 is 0. The molecule has 0 aromatic heterocycles. The van der Waals surface area contributed by atoms with Gasteiger partial charge in [0.15, 0.2) is 0 Å². The highest BCUT2D eigenvalue weighted by Crippen LogP contribution is 1.86. The Hall–Kier alpha value is -0.530. The molecule has 1 radical (unpaired) electrons. The number of hydrogen-bond donors (Lipinski definition) is 1. The lowest BCUT2D eigenvalue weighted by Crippen LogP contribution is -1.87. The van der Waals surface area contributed by atoms with Crippen LogP contribution in [0.4, 0.5) is 0 Å². The van der Waals surface area contributed by atoms with Crippen LogP contribution in [0.5, 0.6) is 0 Å². The molecule has 1 N–H and O–H groups in total. The van der Waals surface area contributed by atoms with Gasteiger partial charge >= 0.3 is 0 Å². The second-order valence-corrected chi connectivity index (χ2v) is 1.45. The van der Waals surface area contributed by atoms with Crippen LogP contribution in [0.3, 0.4) is 0 Å². The molecule has 0 fully saturated rings. The Morgan fingerprint density at radius 1 is 1.86 bits per heavy atom. The molecule has 0 atom stereocenters. The second-order valence-electron chi connectivity index (χ2n) is 1.45. The van der Waals surface area contributed by atoms with Crippen LogP contribution in [0.25, 0.3) is 0 Å². The fourth-order valence-corrected chi connectivity index (χ4v) is 0.336. The highest BCUT2D eigenvalue weighted by molar-refractivity contribution is 5.82. The zero-order chi connectivity index (χ0) is 5.70. The number of rotatable bonds is 2. The maximum Gasteiger partial charge on any atom is 0.0542 e. The van der Waals surface area contributed by atoms with Crippen LogP contribution in [0, 0.1) is 6.42 Å². The Kier molecular flexibility index (Phi) is 3.38. The van der Waals surface area contributed by atoms with Crippen LogP contribution in [0.15, 0.2) is 5.16 Å². The molecule has 0 spiro atoms. The van der Waals surface area contributed by atoms with E-state index in [4.69, 9.17) is 5.21 Å². The molecular weight excluding hydrogens is 90.1 g/mol. The van der Waals surface area contributed by atoms with Crippen molar-refractivity contribution in [3.63, 3.8) is 0 Å². The van der Waals surface area contributed by atoms with Crippen molar-refractivity contribution in [3.05, 3.63) is 6.42 Å². The van der Waals surface area contributed by atoms with Gasteiger partial charge in [0.25, 0.3) is 0 Å². The Bertz CT molecular complexity index is 68.5. The second kappa shape index (κ2) is 3.65. The first-order chi connectivity index (χ1) is 3.31. The lowest BCUT2D eigenvalue weighted by Gasteiger charge is -1.87. The predicted octanol–water partition coefficient (Wildman–Crippen LogP) is 1.45. The first kappa shape index (κ1) is 6.47. The normalized spacial score (nSPS) is 12.0. The Morgan fingerprint density at radius 2 is 2.43 bits per heavy atom. The van der Waals surface area contributed by atoms with Crippen molar-refractivity contribution in [1.82, 2.24) is 0 Å². The zero-order valence-electron chi connectivity index (χ0n) is 4.68.